The Morgan fingerprint density at radius 2 is 1.96 bits per heavy atom. The Morgan fingerprint density at radius 3 is 2.63 bits per heavy atom. The highest BCUT2D eigenvalue weighted by molar-refractivity contribution is 5.70. The van der Waals surface area contributed by atoms with Crippen molar-refractivity contribution < 1.29 is 4.42 Å². The quantitative estimate of drug-likeness (QED) is 0.558. The number of hydrogen-bond acceptors (Lipinski definition) is 3. The van der Waals surface area contributed by atoms with Crippen LogP contribution in [-0.2, 0) is 6.54 Å². The molecule has 1 aliphatic carbocycles. The van der Waals surface area contributed by atoms with E-state index in [2.05, 4.69) is 57.7 Å². The maximum Gasteiger partial charge on any atom is 0.227 e. The predicted molar refractivity (Wildman–Crippen MR) is 110 cm³/mol. The highest BCUT2D eigenvalue weighted by Crippen LogP contribution is 2.34. The van der Waals surface area contributed by atoms with E-state index in [1.807, 2.05) is 4.52 Å². The van der Waals surface area contributed by atoms with Crippen molar-refractivity contribution in [2.45, 2.75) is 60.4 Å². The van der Waals surface area contributed by atoms with Crippen LogP contribution in [0.25, 0.3) is 17.0 Å². The third kappa shape index (κ3) is 3.55. The van der Waals surface area contributed by atoms with Crippen LogP contribution in [0.4, 0.5) is 0 Å². The molecular formula is C23H31N3O. The van der Waals surface area contributed by atoms with Crippen molar-refractivity contribution in [3.63, 3.8) is 0 Å². The van der Waals surface area contributed by atoms with E-state index < -0.39 is 0 Å². The summed E-state index contributed by atoms with van der Waals surface area (Å²) in [5.41, 5.74) is 8.06. The van der Waals surface area contributed by atoms with Crippen molar-refractivity contribution in [1.82, 2.24) is 14.5 Å². The summed E-state index contributed by atoms with van der Waals surface area (Å²) in [6.45, 7) is 14.0. The van der Waals surface area contributed by atoms with E-state index in [1.165, 1.54) is 48.1 Å². The lowest BCUT2D eigenvalue weighted by atomic mass is 10.0. The molecule has 3 aromatic rings. The normalized spacial score (nSPS) is 14.6. The number of hydrogen-bond donors (Lipinski definition) is 0. The second-order valence-corrected chi connectivity index (χ2v) is 8.28. The Bertz CT molecular complexity index is 962. The van der Waals surface area contributed by atoms with Crippen molar-refractivity contribution >= 4 is 5.71 Å². The van der Waals surface area contributed by atoms with Crippen LogP contribution < -0.4 is 0 Å². The first-order valence-corrected chi connectivity index (χ1v) is 10.3. The van der Waals surface area contributed by atoms with Crippen LogP contribution in [0.1, 0.15) is 54.3 Å². The Hall–Kier alpha value is -2.07. The Kier molecular flexibility index (Phi) is 4.85. The van der Waals surface area contributed by atoms with Crippen LogP contribution in [-0.4, -0.2) is 27.6 Å². The van der Waals surface area contributed by atoms with Crippen LogP contribution in [0.2, 0.25) is 0 Å². The van der Waals surface area contributed by atoms with Crippen LogP contribution in [0.3, 0.4) is 0 Å². The number of benzene rings is 1. The maximum atomic E-state index is 6.26. The molecule has 0 bridgehead atoms. The van der Waals surface area contributed by atoms with Crippen LogP contribution in [0.5, 0.6) is 0 Å². The fourth-order valence-electron chi connectivity index (χ4n) is 4.14. The molecule has 27 heavy (non-hydrogen) atoms. The molecule has 0 saturated heterocycles. The molecule has 4 nitrogen and oxygen atoms in total. The average molecular weight is 366 g/mol. The number of aryl methyl sites for hydroxylation is 4. The largest absolute Gasteiger partial charge is 0.441 e. The predicted octanol–water partition coefficient (Wildman–Crippen LogP) is 5.45. The number of aromatic nitrogens is 2. The number of fused-ring (bicyclic) bond motifs is 1. The van der Waals surface area contributed by atoms with Gasteiger partial charge in [0.05, 0.1) is 11.3 Å². The van der Waals surface area contributed by atoms with Gasteiger partial charge in [-0.25, -0.2) is 0 Å². The zero-order valence-electron chi connectivity index (χ0n) is 17.3. The molecule has 144 valence electrons. The summed E-state index contributed by atoms with van der Waals surface area (Å²) >= 11 is 0. The standard InChI is InChI=1S/C23H31N3O/c1-6-11-25(13-19-8-9-19)14-21-17(4)24-26-22(18(5)27-23(21)26)20-10-7-15(2)12-16(20)3/h7,10,12,19H,6,8-9,11,13-14H2,1-5H3. The minimum absolute atomic E-state index is 0.895. The first-order chi connectivity index (χ1) is 13.0. The van der Waals surface area contributed by atoms with Gasteiger partial charge in [0.25, 0.3) is 0 Å². The van der Waals surface area contributed by atoms with Gasteiger partial charge >= 0.3 is 0 Å². The van der Waals surface area contributed by atoms with Gasteiger partial charge in [0.2, 0.25) is 5.71 Å². The Morgan fingerprint density at radius 1 is 1.19 bits per heavy atom. The molecule has 4 heteroatoms. The van der Waals surface area contributed by atoms with Crippen LogP contribution >= 0.6 is 0 Å². The fourth-order valence-corrected chi connectivity index (χ4v) is 4.14. The van der Waals surface area contributed by atoms with E-state index >= 15 is 0 Å². The van der Waals surface area contributed by atoms with Gasteiger partial charge in [-0.15, -0.1) is 0 Å². The van der Waals surface area contributed by atoms with Gasteiger partial charge in [0, 0.05) is 18.7 Å². The molecular weight excluding hydrogens is 334 g/mol. The molecule has 1 aliphatic rings. The van der Waals surface area contributed by atoms with E-state index in [1.54, 1.807) is 0 Å². The minimum atomic E-state index is 0.895. The molecule has 1 saturated carbocycles. The number of rotatable bonds is 7. The Labute approximate surface area is 162 Å². The fraction of sp³-hybridized carbons (Fsp3) is 0.522. The highest BCUT2D eigenvalue weighted by atomic mass is 16.4. The molecule has 0 radical (unpaired) electrons. The van der Waals surface area contributed by atoms with Gasteiger partial charge in [-0.05, 0) is 65.0 Å². The van der Waals surface area contributed by atoms with Crippen LogP contribution in [0, 0.1) is 33.6 Å². The summed E-state index contributed by atoms with van der Waals surface area (Å²) in [7, 11) is 0. The average Bonchev–Trinajstić information content (AvgIpc) is 3.30. The molecule has 1 fully saturated rings. The monoisotopic (exact) mass is 365 g/mol. The minimum Gasteiger partial charge on any atom is -0.441 e. The smallest absolute Gasteiger partial charge is 0.227 e. The number of nitrogens with zero attached hydrogens (tertiary/aromatic N) is 3. The van der Waals surface area contributed by atoms with E-state index in [9.17, 15) is 0 Å². The first-order valence-electron chi connectivity index (χ1n) is 10.3. The lowest BCUT2D eigenvalue weighted by Gasteiger charge is -2.20. The highest BCUT2D eigenvalue weighted by Gasteiger charge is 2.26. The zero-order chi connectivity index (χ0) is 19.1. The van der Waals surface area contributed by atoms with Crippen molar-refractivity contribution in [3.8, 4) is 11.3 Å². The molecule has 0 aliphatic heterocycles. The zero-order valence-corrected chi connectivity index (χ0v) is 17.3. The van der Waals surface area contributed by atoms with Crippen LogP contribution in [0.15, 0.2) is 22.6 Å². The molecule has 0 N–H and O–H groups in total. The molecule has 0 unspecified atom stereocenters. The summed E-state index contributed by atoms with van der Waals surface area (Å²) in [6.07, 6.45) is 3.96. The van der Waals surface area contributed by atoms with Crippen molar-refractivity contribution in [2.75, 3.05) is 13.1 Å². The maximum absolute atomic E-state index is 6.26. The Balaban J connectivity index is 1.74. The molecule has 0 spiro atoms. The summed E-state index contributed by atoms with van der Waals surface area (Å²) in [5, 5.41) is 4.88. The third-order valence-corrected chi connectivity index (χ3v) is 5.70. The molecule has 4 rings (SSSR count). The van der Waals surface area contributed by atoms with Gasteiger partial charge in [-0.1, -0.05) is 30.7 Å². The van der Waals surface area contributed by atoms with Gasteiger partial charge in [-0.3, -0.25) is 4.90 Å². The third-order valence-electron chi connectivity index (χ3n) is 5.70. The summed E-state index contributed by atoms with van der Waals surface area (Å²) < 4.78 is 8.29. The van der Waals surface area contributed by atoms with E-state index in [0.29, 0.717) is 0 Å². The SMILES string of the molecule is CCCN(Cc1c(C)nn2c(-c3ccc(C)cc3C)c(C)oc12)CC1CC1. The summed E-state index contributed by atoms with van der Waals surface area (Å²) in [4.78, 5) is 2.58. The van der Waals surface area contributed by atoms with Gasteiger partial charge in [0.1, 0.15) is 11.5 Å². The number of oxazole rings is 1. The van der Waals surface area contributed by atoms with E-state index in [-0.39, 0.29) is 0 Å². The van der Waals surface area contributed by atoms with Crippen molar-refractivity contribution in [2.24, 2.45) is 5.92 Å². The van der Waals surface area contributed by atoms with Gasteiger partial charge < -0.3 is 4.42 Å². The van der Waals surface area contributed by atoms with Gasteiger partial charge in [0.15, 0.2) is 0 Å². The second-order valence-electron chi connectivity index (χ2n) is 8.28. The van der Waals surface area contributed by atoms with Gasteiger partial charge in [-0.2, -0.15) is 9.61 Å². The topological polar surface area (TPSA) is 33.7 Å². The lowest BCUT2D eigenvalue weighted by Crippen LogP contribution is -2.26. The molecule has 2 heterocycles. The lowest BCUT2D eigenvalue weighted by molar-refractivity contribution is 0.254. The first kappa shape index (κ1) is 18.3. The van der Waals surface area contributed by atoms with E-state index in [4.69, 9.17) is 9.52 Å². The molecule has 1 aromatic carbocycles. The van der Waals surface area contributed by atoms with Crippen molar-refractivity contribution in [3.05, 3.63) is 46.3 Å². The molecule has 0 atom stereocenters. The molecule has 0 amide bonds. The summed E-state index contributed by atoms with van der Waals surface area (Å²) in [5.74, 6) is 1.84. The molecule has 2 aromatic heterocycles. The van der Waals surface area contributed by atoms with E-state index in [0.717, 1.165) is 41.9 Å². The second kappa shape index (κ2) is 7.16. The van der Waals surface area contributed by atoms with Crippen molar-refractivity contribution in [1.29, 1.82) is 0 Å². The summed E-state index contributed by atoms with van der Waals surface area (Å²) in [6, 6.07) is 6.58.